The number of rotatable bonds is 6. The number of carbonyl (C=O) groups excluding carboxylic acids is 1. The van der Waals surface area contributed by atoms with Crippen molar-refractivity contribution >= 4 is 17.7 Å². The van der Waals surface area contributed by atoms with Crippen LogP contribution in [0.3, 0.4) is 0 Å². The van der Waals surface area contributed by atoms with Crippen LogP contribution in [0.1, 0.15) is 19.8 Å². The first-order valence-electron chi connectivity index (χ1n) is 6.67. The summed E-state index contributed by atoms with van der Waals surface area (Å²) >= 11 is 1.40. The molecule has 20 heavy (non-hydrogen) atoms. The summed E-state index contributed by atoms with van der Waals surface area (Å²) in [5, 5.41) is 12.0. The fraction of sp³-hybridized carbons (Fsp3) is 0.462. The number of nitrogens with one attached hydrogen (secondary N) is 1. The minimum absolute atomic E-state index is 0.0581. The Kier molecular flexibility index (Phi) is 3.77. The Bertz CT molecular complexity index is 590. The highest BCUT2D eigenvalue weighted by Gasteiger charge is 2.23. The van der Waals surface area contributed by atoms with E-state index >= 15 is 0 Å². The van der Waals surface area contributed by atoms with Gasteiger partial charge in [0.05, 0.1) is 12.0 Å². The number of furan rings is 1. The molecule has 1 amide bonds. The number of hydrogen-bond acceptors (Lipinski definition) is 5. The molecule has 2 aromatic heterocycles. The molecular formula is C13H16N4O2S. The summed E-state index contributed by atoms with van der Waals surface area (Å²) in [7, 11) is 0. The molecule has 2 heterocycles. The highest BCUT2D eigenvalue weighted by molar-refractivity contribution is 7.99. The third-order valence-corrected chi connectivity index (χ3v) is 4.02. The molecule has 6 nitrogen and oxygen atoms in total. The molecule has 1 N–H and O–H groups in total. The number of nitrogens with zero attached hydrogens (tertiary/aromatic N) is 3. The predicted molar refractivity (Wildman–Crippen MR) is 75.3 cm³/mol. The van der Waals surface area contributed by atoms with Crippen LogP contribution in [0.25, 0.3) is 11.6 Å². The van der Waals surface area contributed by atoms with Crippen LogP contribution in [0.5, 0.6) is 0 Å². The molecular weight excluding hydrogens is 276 g/mol. The van der Waals surface area contributed by atoms with Gasteiger partial charge in [-0.2, -0.15) is 0 Å². The van der Waals surface area contributed by atoms with Crippen LogP contribution in [0.2, 0.25) is 0 Å². The molecule has 1 fully saturated rings. The minimum Gasteiger partial charge on any atom is -0.461 e. The van der Waals surface area contributed by atoms with Crippen molar-refractivity contribution in [3.8, 4) is 11.6 Å². The zero-order valence-corrected chi connectivity index (χ0v) is 12.0. The normalized spacial score (nSPS) is 14.4. The average molecular weight is 292 g/mol. The van der Waals surface area contributed by atoms with Crippen LogP contribution in [-0.4, -0.2) is 32.5 Å². The second-order valence-corrected chi connectivity index (χ2v) is 5.60. The van der Waals surface area contributed by atoms with Crippen molar-refractivity contribution in [3.05, 3.63) is 18.4 Å². The first kappa shape index (κ1) is 13.2. The smallest absolute Gasteiger partial charge is 0.230 e. The molecule has 0 aromatic carbocycles. The monoisotopic (exact) mass is 292 g/mol. The van der Waals surface area contributed by atoms with Gasteiger partial charge in [-0.25, -0.2) is 0 Å². The van der Waals surface area contributed by atoms with Crippen molar-refractivity contribution in [2.45, 2.75) is 37.5 Å². The lowest BCUT2D eigenvalue weighted by Crippen LogP contribution is -2.27. The number of hydrogen-bond donors (Lipinski definition) is 1. The van der Waals surface area contributed by atoms with Crippen LogP contribution in [0, 0.1) is 0 Å². The summed E-state index contributed by atoms with van der Waals surface area (Å²) in [6.07, 6.45) is 3.81. The topological polar surface area (TPSA) is 73.0 Å². The summed E-state index contributed by atoms with van der Waals surface area (Å²) in [5.74, 6) is 1.81. The van der Waals surface area contributed by atoms with Crippen molar-refractivity contribution in [2.24, 2.45) is 0 Å². The van der Waals surface area contributed by atoms with E-state index in [0.29, 0.717) is 23.4 Å². The quantitative estimate of drug-likeness (QED) is 0.824. The van der Waals surface area contributed by atoms with E-state index in [2.05, 4.69) is 15.5 Å². The van der Waals surface area contributed by atoms with Crippen LogP contribution in [0.15, 0.2) is 28.0 Å². The Labute approximate surface area is 120 Å². The van der Waals surface area contributed by atoms with E-state index in [1.54, 1.807) is 6.26 Å². The lowest BCUT2D eigenvalue weighted by Gasteiger charge is -2.06. The molecule has 1 saturated carbocycles. The van der Waals surface area contributed by atoms with Crippen molar-refractivity contribution in [1.82, 2.24) is 20.1 Å². The number of carbonyl (C=O) groups is 1. The van der Waals surface area contributed by atoms with Crippen molar-refractivity contribution in [1.29, 1.82) is 0 Å². The van der Waals surface area contributed by atoms with Gasteiger partial charge in [-0.3, -0.25) is 9.36 Å². The fourth-order valence-corrected chi connectivity index (χ4v) is 2.71. The summed E-state index contributed by atoms with van der Waals surface area (Å²) in [6.45, 7) is 2.75. The van der Waals surface area contributed by atoms with Gasteiger partial charge in [-0.1, -0.05) is 11.8 Å². The maximum atomic E-state index is 11.7. The summed E-state index contributed by atoms with van der Waals surface area (Å²) < 4.78 is 7.30. The van der Waals surface area contributed by atoms with E-state index < -0.39 is 0 Å². The molecule has 2 aromatic rings. The van der Waals surface area contributed by atoms with Crippen molar-refractivity contribution in [2.75, 3.05) is 5.75 Å². The van der Waals surface area contributed by atoms with Gasteiger partial charge in [0.2, 0.25) is 5.91 Å². The second kappa shape index (κ2) is 5.70. The predicted octanol–water partition coefficient (Wildman–Crippen LogP) is 1.93. The number of aromatic nitrogens is 3. The minimum atomic E-state index is 0.0581. The molecule has 7 heteroatoms. The van der Waals surface area contributed by atoms with Gasteiger partial charge in [0, 0.05) is 12.6 Å². The molecule has 0 aliphatic heterocycles. The lowest BCUT2D eigenvalue weighted by molar-refractivity contribution is -0.118. The van der Waals surface area contributed by atoms with E-state index in [0.717, 1.165) is 24.5 Å². The largest absolute Gasteiger partial charge is 0.461 e. The highest BCUT2D eigenvalue weighted by Crippen LogP contribution is 2.24. The van der Waals surface area contributed by atoms with E-state index in [1.807, 2.05) is 23.6 Å². The SMILES string of the molecule is CCn1c(SCC(=O)NC2CC2)nnc1-c1ccco1. The van der Waals surface area contributed by atoms with Crippen LogP contribution >= 0.6 is 11.8 Å². The number of amides is 1. The first-order valence-corrected chi connectivity index (χ1v) is 7.65. The molecule has 0 radical (unpaired) electrons. The fourth-order valence-electron chi connectivity index (χ4n) is 1.90. The Hall–Kier alpha value is -1.76. The van der Waals surface area contributed by atoms with E-state index in [9.17, 15) is 4.79 Å². The van der Waals surface area contributed by atoms with Gasteiger partial charge in [-0.05, 0) is 31.9 Å². The van der Waals surface area contributed by atoms with Crippen molar-refractivity contribution in [3.63, 3.8) is 0 Å². The Morgan fingerprint density at radius 2 is 2.40 bits per heavy atom. The van der Waals surface area contributed by atoms with Crippen LogP contribution in [-0.2, 0) is 11.3 Å². The third-order valence-electron chi connectivity index (χ3n) is 3.05. The Morgan fingerprint density at radius 3 is 3.05 bits per heavy atom. The van der Waals surface area contributed by atoms with Crippen LogP contribution in [0.4, 0.5) is 0 Å². The molecule has 1 aliphatic carbocycles. The Balaban J connectivity index is 1.68. The molecule has 3 rings (SSSR count). The zero-order chi connectivity index (χ0) is 13.9. The van der Waals surface area contributed by atoms with Crippen molar-refractivity contribution < 1.29 is 9.21 Å². The molecule has 0 unspecified atom stereocenters. The number of thioether (sulfide) groups is 1. The second-order valence-electron chi connectivity index (χ2n) is 4.66. The van der Waals surface area contributed by atoms with E-state index in [-0.39, 0.29) is 5.91 Å². The van der Waals surface area contributed by atoms with Gasteiger partial charge in [-0.15, -0.1) is 10.2 Å². The average Bonchev–Trinajstić information content (AvgIpc) is 2.96. The molecule has 0 atom stereocenters. The van der Waals surface area contributed by atoms with E-state index in [1.165, 1.54) is 11.8 Å². The Morgan fingerprint density at radius 1 is 1.55 bits per heavy atom. The third kappa shape index (κ3) is 2.87. The molecule has 0 saturated heterocycles. The zero-order valence-electron chi connectivity index (χ0n) is 11.2. The summed E-state index contributed by atoms with van der Waals surface area (Å²) in [6, 6.07) is 4.07. The van der Waals surface area contributed by atoms with E-state index in [4.69, 9.17) is 4.42 Å². The lowest BCUT2D eigenvalue weighted by atomic mass is 10.4. The molecule has 106 valence electrons. The van der Waals surface area contributed by atoms with Gasteiger partial charge in [0.1, 0.15) is 0 Å². The van der Waals surface area contributed by atoms with Gasteiger partial charge in [0.15, 0.2) is 16.7 Å². The summed E-state index contributed by atoms with van der Waals surface area (Å²) in [5.41, 5.74) is 0. The van der Waals surface area contributed by atoms with Gasteiger partial charge < -0.3 is 9.73 Å². The standard InChI is InChI=1S/C13H16N4O2S/c1-2-17-12(10-4-3-7-19-10)15-16-13(17)20-8-11(18)14-9-5-6-9/h3-4,7,9H,2,5-6,8H2,1H3,(H,14,18). The maximum Gasteiger partial charge on any atom is 0.230 e. The van der Waals surface area contributed by atoms with Crippen LogP contribution < -0.4 is 5.32 Å². The maximum absolute atomic E-state index is 11.7. The molecule has 0 spiro atoms. The van der Waals surface area contributed by atoms with Gasteiger partial charge in [0.25, 0.3) is 0 Å². The summed E-state index contributed by atoms with van der Waals surface area (Å²) in [4.78, 5) is 11.7. The molecule has 1 aliphatic rings. The van der Waals surface area contributed by atoms with Gasteiger partial charge >= 0.3 is 0 Å². The highest BCUT2D eigenvalue weighted by atomic mass is 32.2. The molecule has 0 bridgehead atoms. The first-order chi connectivity index (χ1) is 9.78.